The van der Waals surface area contributed by atoms with Gasteiger partial charge in [-0.15, -0.1) is 0 Å². The third-order valence-electron chi connectivity index (χ3n) is 6.24. The first-order valence-corrected chi connectivity index (χ1v) is 15.8. The molecule has 0 radical (unpaired) electrons. The normalized spacial score (nSPS) is 12.2. The molecule has 12 heteroatoms. The van der Waals surface area contributed by atoms with Crippen molar-refractivity contribution in [2.75, 3.05) is 17.4 Å². The number of carbonyl (C=O) groups excluding carboxylic acids is 2. The standard InChI is InChI=1S/C29H31Cl4N3O4S/c1-4-25(29(38)34-16-19(2)3)35(17-20-13-14-21(30)15-24(20)32)27(37)18-36(26-12-8-11-23(31)28(26)33)41(39,40)22-9-6-5-7-10-22/h5-15,19,25H,4,16-18H2,1-3H3,(H,34,38)/t25-/m0/s1. The number of carbonyl (C=O) groups is 2. The fourth-order valence-corrected chi connectivity index (χ4v) is 6.46. The molecule has 41 heavy (non-hydrogen) atoms. The number of anilines is 1. The van der Waals surface area contributed by atoms with E-state index in [1.807, 2.05) is 13.8 Å². The van der Waals surface area contributed by atoms with E-state index in [-0.39, 0.29) is 45.4 Å². The summed E-state index contributed by atoms with van der Waals surface area (Å²) in [5.74, 6) is -0.821. The van der Waals surface area contributed by atoms with Gasteiger partial charge in [-0.3, -0.25) is 13.9 Å². The van der Waals surface area contributed by atoms with Crippen molar-refractivity contribution in [1.29, 1.82) is 0 Å². The topological polar surface area (TPSA) is 86.8 Å². The van der Waals surface area contributed by atoms with Crippen LogP contribution in [-0.4, -0.2) is 44.3 Å². The lowest BCUT2D eigenvalue weighted by molar-refractivity contribution is -0.140. The van der Waals surface area contributed by atoms with Crippen LogP contribution in [0.4, 0.5) is 5.69 Å². The van der Waals surface area contributed by atoms with Gasteiger partial charge in [-0.05, 0) is 54.3 Å². The van der Waals surface area contributed by atoms with Gasteiger partial charge < -0.3 is 10.2 Å². The van der Waals surface area contributed by atoms with Crippen LogP contribution < -0.4 is 9.62 Å². The van der Waals surface area contributed by atoms with E-state index in [2.05, 4.69) is 5.32 Å². The van der Waals surface area contributed by atoms with Crippen molar-refractivity contribution in [2.45, 2.75) is 44.7 Å². The van der Waals surface area contributed by atoms with Crippen LogP contribution in [-0.2, 0) is 26.2 Å². The molecule has 3 aromatic rings. The number of halogens is 4. The molecule has 0 saturated carbocycles. The van der Waals surface area contributed by atoms with E-state index in [4.69, 9.17) is 46.4 Å². The average molecular weight is 659 g/mol. The van der Waals surface area contributed by atoms with Crippen LogP contribution in [0.25, 0.3) is 0 Å². The molecule has 1 N–H and O–H groups in total. The predicted molar refractivity (Wildman–Crippen MR) is 166 cm³/mol. The van der Waals surface area contributed by atoms with E-state index in [1.165, 1.54) is 29.2 Å². The Labute approximate surface area is 261 Å². The Kier molecular flexibility index (Phi) is 11.8. The molecule has 3 rings (SSSR count). The second-order valence-electron chi connectivity index (χ2n) is 9.72. The molecule has 1 atom stereocenters. The first-order chi connectivity index (χ1) is 19.4. The van der Waals surface area contributed by atoms with Crippen molar-refractivity contribution < 1.29 is 18.0 Å². The number of nitrogens with zero attached hydrogens (tertiary/aromatic N) is 2. The number of hydrogen-bond donors (Lipinski definition) is 1. The van der Waals surface area contributed by atoms with Gasteiger partial charge in [0.1, 0.15) is 12.6 Å². The zero-order valence-corrected chi connectivity index (χ0v) is 26.6. The first-order valence-electron chi connectivity index (χ1n) is 12.9. The maximum atomic E-state index is 14.1. The fourth-order valence-electron chi connectivity index (χ4n) is 4.09. The Hall–Kier alpha value is -2.49. The van der Waals surface area contributed by atoms with Gasteiger partial charge in [0.25, 0.3) is 10.0 Å². The van der Waals surface area contributed by atoms with Crippen LogP contribution >= 0.6 is 46.4 Å². The number of amides is 2. The van der Waals surface area contributed by atoms with Gasteiger partial charge in [0.2, 0.25) is 11.8 Å². The number of hydrogen-bond acceptors (Lipinski definition) is 4. The third kappa shape index (κ3) is 8.30. The monoisotopic (exact) mass is 657 g/mol. The molecule has 0 aliphatic rings. The van der Waals surface area contributed by atoms with Crippen LogP contribution in [0.3, 0.4) is 0 Å². The summed E-state index contributed by atoms with van der Waals surface area (Å²) in [6, 6.07) is 16.1. The molecule has 7 nitrogen and oxygen atoms in total. The maximum absolute atomic E-state index is 14.1. The highest BCUT2D eigenvalue weighted by atomic mass is 35.5. The van der Waals surface area contributed by atoms with Gasteiger partial charge in [0.15, 0.2) is 0 Å². The minimum absolute atomic E-state index is 0.0261. The number of nitrogens with one attached hydrogen (secondary N) is 1. The highest BCUT2D eigenvalue weighted by molar-refractivity contribution is 7.92. The lowest BCUT2D eigenvalue weighted by Gasteiger charge is -2.33. The molecule has 0 spiro atoms. The van der Waals surface area contributed by atoms with Crippen LogP contribution in [0, 0.1) is 5.92 Å². The Balaban J connectivity index is 2.10. The molecule has 3 aromatic carbocycles. The van der Waals surface area contributed by atoms with Gasteiger partial charge in [0, 0.05) is 23.1 Å². The molecule has 0 saturated heterocycles. The second kappa shape index (κ2) is 14.6. The third-order valence-corrected chi connectivity index (χ3v) is 9.41. The van der Waals surface area contributed by atoms with Crippen LogP contribution in [0.2, 0.25) is 20.1 Å². The van der Waals surface area contributed by atoms with Crippen LogP contribution in [0.5, 0.6) is 0 Å². The predicted octanol–water partition coefficient (Wildman–Crippen LogP) is 7.08. The average Bonchev–Trinajstić information content (AvgIpc) is 2.93. The fraction of sp³-hybridized carbons (Fsp3) is 0.310. The molecule has 220 valence electrons. The lowest BCUT2D eigenvalue weighted by Crippen LogP contribution is -2.52. The second-order valence-corrected chi connectivity index (χ2v) is 13.2. The van der Waals surface area contributed by atoms with Crippen molar-refractivity contribution in [3.63, 3.8) is 0 Å². The smallest absolute Gasteiger partial charge is 0.264 e. The summed E-state index contributed by atoms with van der Waals surface area (Å²) < 4.78 is 28.7. The quantitative estimate of drug-likeness (QED) is 0.225. The van der Waals surface area contributed by atoms with E-state index in [0.717, 1.165) is 4.31 Å². The van der Waals surface area contributed by atoms with E-state index in [0.29, 0.717) is 22.2 Å². The van der Waals surface area contributed by atoms with E-state index >= 15 is 0 Å². The molecule has 0 aliphatic carbocycles. The molecular weight excluding hydrogens is 628 g/mol. The number of benzene rings is 3. The number of sulfonamides is 1. The van der Waals surface area contributed by atoms with Crippen molar-refractivity contribution >= 4 is 73.9 Å². The van der Waals surface area contributed by atoms with Crippen LogP contribution in [0.1, 0.15) is 32.8 Å². The van der Waals surface area contributed by atoms with Crippen molar-refractivity contribution in [3.05, 3.63) is 92.4 Å². The van der Waals surface area contributed by atoms with E-state index in [9.17, 15) is 18.0 Å². The van der Waals surface area contributed by atoms with Gasteiger partial charge in [-0.1, -0.05) is 97.5 Å². The summed E-state index contributed by atoms with van der Waals surface area (Å²) in [5.41, 5.74) is 0.566. The summed E-state index contributed by atoms with van der Waals surface area (Å²) in [6.45, 7) is 5.38. The largest absolute Gasteiger partial charge is 0.354 e. The molecule has 0 aromatic heterocycles. The van der Waals surface area contributed by atoms with Gasteiger partial charge in [0.05, 0.1) is 20.6 Å². The molecule has 2 amide bonds. The van der Waals surface area contributed by atoms with Gasteiger partial charge >= 0.3 is 0 Å². The van der Waals surface area contributed by atoms with Crippen LogP contribution in [0.15, 0.2) is 71.6 Å². The highest BCUT2D eigenvalue weighted by Gasteiger charge is 2.35. The Morgan fingerprint density at radius 3 is 2.20 bits per heavy atom. The Morgan fingerprint density at radius 2 is 1.59 bits per heavy atom. The molecular formula is C29H31Cl4N3O4S. The Bertz CT molecular complexity index is 1490. The van der Waals surface area contributed by atoms with Crippen molar-refractivity contribution in [1.82, 2.24) is 10.2 Å². The lowest BCUT2D eigenvalue weighted by atomic mass is 10.1. The molecule has 0 aliphatic heterocycles. The summed E-state index contributed by atoms with van der Waals surface area (Å²) in [7, 11) is -4.28. The van der Waals surface area contributed by atoms with E-state index in [1.54, 1.807) is 49.4 Å². The summed E-state index contributed by atoms with van der Waals surface area (Å²) in [4.78, 5) is 28.7. The highest BCUT2D eigenvalue weighted by Crippen LogP contribution is 2.35. The van der Waals surface area contributed by atoms with Crippen molar-refractivity contribution in [3.8, 4) is 0 Å². The van der Waals surface area contributed by atoms with E-state index < -0.39 is 28.5 Å². The Morgan fingerprint density at radius 1 is 0.902 bits per heavy atom. The van der Waals surface area contributed by atoms with Crippen molar-refractivity contribution in [2.24, 2.45) is 5.92 Å². The summed E-state index contributed by atoms with van der Waals surface area (Å²) >= 11 is 25.2. The summed E-state index contributed by atoms with van der Waals surface area (Å²) in [5, 5.41) is 3.68. The van der Waals surface area contributed by atoms with Gasteiger partial charge in [-0.2, -0.15) is 0 Å². The maximum Gasteiger partial charge on any atom is 0.264 e. The zero-order valence-electron chi connectivity index (χ0n) is 22.8. The zero-order chi connectivity index (χ0) is 30.3. The number of rotatable bonds is 12. The molecule has 0 fully saturated rings. The SMILES string of the molecule is CC[C@@H](C(=O)NCC(C)C)N(Cc1ccc(Cl)cc1Cl)C(=O)CN(c1cccc(Cl)c1Cl)S(=O)(=O)c1ccccc1. The molecule has 0 heterocycles. The first kappa shape index (κ1) is 33.0. The van der Waals surface area contributed by atoms with Gasteiger partial charge in [-0.25, -0.2) is 8.42 Å². The molecule has 0 unspecified atom stereocenters. The minimum atomic E-state index is -4.28. The minimum Gasteiger partial charge on any atom is -0.354 e. The summed E-state index contributed by atoms with van der Waals surface area (Å²) in [6.07, 6.45) is 0.268. The molecule has 0 bridgehead atoms.